The van der Waals surface area contributed by atoms with Crippen molar-refractivity contribution in [3.63, 3.8) is 0 Å². The van der Waals surface area contributed by atoms with Crippen LogP contribution in [0.15, 0.2) is 66.7 Å². The highest BCUT2D eigenvalue weighted by molar-refractivity contribution is 5.74. The van der Waals surface area contributed by atoms with Crippen LogP contribution in [0, 0.1) is 0 Å². The fourth-order valence-corrected chi connectivity index (χ4v) is 3.54. The number of rotatable bonds is 3. The average molecular weight is 335 g/mol. The van der Waals surface area contributed by atoms with Gasteiger partial charge < -0.3 is 9.47 Å². The molecule has 0 aliphatic carbocycles. The molecule has 1 fully saturated rings. The maximum atomic E-state index is 12.6. The number of ether oxygens (including phenoxy) is 2. The minimum absolute atomic E-state index is 0.0298. The summed E-state index contributed by atoms with van der Waals surface area (Å²) in [7, 11) is 0. The number of amides is 1. The monoisotopic (exact) mass is 335 g/mol. The molecule has 2 heterocycles. The van der Waals surface area contributed by atoms with Gasteiger partial charge in [0.1, 0.15) is 6.61 Å². The second kappa shape index (κ2) is 7.11. The molecule has 2 unspecified atom stereocenters. The lowest BCUT2D eigenvalue weighted by Crippen LogP contribution is -2.56. The molecule has 4 nitrogen and oxygen atoms in total. The van der Waals surface area contributed by atoms with Crippen molar-refractivity contribution in [3.8, 4) is 0 Å². The number of morpholine rings is 1. The van der Waals surface area contributed by atoms with Gasteiger partial charge in [0.25, 0.3) is 0 Å². The van der Waals surface area contributed by atoms with Crippen LogP contribution < -0.4 is 0 Å². The molecule has 2 bridgehead atoms. The summed E-state index contributed by atoms with van der Waals surface area (Å²) < 4.78 is 11.2. The van der Waals surface area contributed by atoms with Gasteiger partial charge in [-0.25, -0.2) is 4.79 Å². The molecule has 4 heteroatoms. The standard InChI is InChI=1S/C21H21NO3/c23-21(25-13-16-7-3-1-4-8-16)22-19-11-18(12-20(22)15-24-14-19)17-9-5-2-6-10-17/h1-11,19-20H,12-15H2. The summed E-state index contributed by atoms with van der Waals surface area (Å²) in [5.41, 5.74) is 3.50. The Morgan fingerprint density at radius 1 is 1.04 bits per heavy atom. The Bertz CT molecular complexity index is 757. The van der Waals surface area contributed by atoms with E-state index in [0.717, 1.165) is 12.0 Å². The van der Waals surface area contributed by atoms with Crippen molar-refractivity contribution in [2.24, 2.45) is 0 Å². The van der Waals surface area contributed by atoms with Crippen LogP contribution in [0.5, 0.6) is 0 Å². The summed E-state index contributed by atoms with van der Waals surface area (Å²) in [4.78, 5) is 14.5. The molecule has 2 aromatic carbocycles. The van der Waals surface area contributed by atoms with Gasteiger partial charge in [-0.1, -0.05) is 66.7 Å². The first-order valence-corrected chi connectivity index (χ1v) is 8.64. The Morgan fingerprint density at radius 3 is 2.48 bits per heavy atom. The topological polar surface area (TPSA) is 38.8 Å². The first kappa shape index (κ1) is 15.9. The van der Waals surface area contributed by atoms with Crippen molar-refractivity contribution >= 4 is 11.7 Å². The fourth-order valence-electron chi connectivity index (χ4n) is 3.54. The Balaban J connectivity index is 1.49. The molecule has 2 aliphatic rings. The van der Waals surface area contributed by atoms with Crippen LogP contribution in [-0.2, 0) is 16.1 Å². The van der Waals surface area contributed by atoms with E-state index in [1.165, 1.54) is 11.1 Å². The Kier molecular flexibility index (Phi) is 4.53. The van der Waals surface area contributed by atoms with Crippen LogP contribution in [0.25, 0.3) is 5.57 Å². The van der Waals surface area contributed by atoms with Crippen LogP contribution in [0.2, 0.25) is 0 Å². The van der Waals surface area contributed by atoms with Crippen LogP contribution in [-0.4, -0.2) is 36.3 Å². The molecule has 2 aromatic rings. The molecular formula is C21H21NO3. The van der Waals surface area contributed by atoms with Crippen LogP contribution in [0.3, 0.4) is 0 Å². The van der Waals surface area contributed by atoms with E-state index in [1.807, 2.05) is 53.4 Å². The van der Waals surface area contributed by atoms with Gasteiger partial charge in [0, 0.05) is 0 Å². The summed E-state index contributed by atoms with van der Waals surface area (Å²) >= 11 is 0. The smallest absolute Gasteiger partial charge is 0.411 e. The molecular weight excluding hydrogens is 314 g/mol. The maximum Gasteiger partial charge on any atom is 0.411 e. The Hall–Kier alpha value is -2.59. The molecule has 25 heavy (non-hydrogen) atoms. The molecule has 0 radical (unpaired) electrons. The number of nitrogens with zero attached hydrogens (tertiary/aromatic N) is 1. The van der Waals surface area contributed by atoms with Crippen LogP contribution in [0.4, 0.5) is 4.79 Å². The van der Waals surface area contributed by atoms with E-state index < -0.39 is 0 Å². The van der Waals surface area contributed by atoms with Gasteiger partial charge in [-0.15, -0.1) is 0 Å². The minimum atomic E-state index is -0.259. The molecule has 1 amide bonds. The molecule has 0 N–H and O–H groups in total. The van der Waals surface area contributed by atoms with Crippen molar-refractivity contribution in [1.82, 2.24) is 4.90 Å². The largest absolute Gasteiger partial charge is 0.445 e. The predicted octanol–water partition coefficient (Wildman–Crippen LogP) is 3.88. The average Bonchev–Trinajstić information content (AvgIpc) is 2.66. The number of benzene rings is 2. The first-order chi connectivity index (χ1) is 12.3. The summed E-state index contributed by atoms with van der Waals surface area (Å²) in [6.45, 7) is 1.38. The lowest BCUT2D eigenvalue weighted by molar-refractivity contribution is -0.0342. The van der Waals surface area contributed by atoms with Gasteiger partial charge in [0.15, 0.2) is 0 Å². The molecule has 0 spiro atoms. The van der Waals surface area contributed by atoms with E-state index in [4.69, 9.17) is 9.47 Å². The number of carbonyl (C=O) groups is 1. The molecule has 2 atom stereocenters. The normalized spacial score (nSPS) is 22.2. The van der Waals surface area contributed by atoms with Gasteiger partial charge in [-0.2, -0.15) is 0 Å². The SMILES string of the molecule is O=C(OCc1ccccc1)N1C2C=C(c3ccccc3)CC1COC2. The zero-order valence-corrected chi connectivity index (χ0v) is 14.0. The lowest BCUT2D eigenvalue weighted by Gasteiger charge is -2.43. The summed E-state index contributed by atoms with van der Waals surface area (Å²) in [5.74, 6) is 0. The summed E-state index contributed by atoms with van der Waals surface area (Å²) in [6, 6.07) is 20.1. The van der Waals surface area contributed by atoms with E-state index in [9.17, 15) is 4.79 Å². The van der Waals surface area contributed by atoms with E-state index in [-0.39, 0.29) is 18.2 Å². The molecule has 1 saturated heterocycles. The number of hydrogen-bond acceptors (Lipinski definition) is 3. The van der Waals surface area contributed by atoms with Crippen molar-refractivity contribution in [2.75, 3.05) is 13.2 Å². The van der Waals surface area contributed by atoms with Gasteiger partial charge in [-0.3, -0.25) is 4.90 Å². The fraction of sp³-hybridized carbons (Fsp3) is 0.286. The molecule has 4 rings (SSSR count). The van der Waals surface area contributed by atoms with E-state index in [1.54, 1.807) is 0 Å². The predicted molar refractivity (Wildman–Crippen MR) is 95.9 cm³/mol. The van der Waals surface area contributed by atoms with Crippen LogP contribution in [0.1, 0.15) is 17.5 Å². The molecule has 0 saturated carbocycles. The zero-order valence-electron chi connectivity index (χ0n) is 14.0. The molecule has 0 aromatic heterocycles. The highest BCUT2D eigenvalue weighted by atomic mass is 16.6. The summed E-state index contributed by atoms with van der Waals surface area (Å²) in [6.07, 6.45) is 2.68. The highest BCUT2D eigenvalue weighted by Gasteiger charge is 2.38. The molecule has 2 aliphatic heterocycles. The van der Waals surface area contributed by atoms with Gasteiger partial charge in [0.2, 0.25) is 0 Å². The first-order valence-electron chi connectivity index (χ1n) is 8.64. The van der Waals surface area contributed by atoms with Crippen molar-refractivity contribution in [3.05, 3.63) is 77.9 Å². The number of fused-ring (bicyclic) bond motifs is 2. The second-order valence-corrected chi connectivity index (χ2v) is 6.47. The quantitative estimate of drug-likeness (QED) is 0.854. The second-order valence-electron chi connectivity index (χ2n) is 6.47. The van der Waals surface area contributed by atoms with Crippen molar-refractivity contribution in [1.29, 1.82) is 0 Å². The minimum Gasteiger partial charge on any atom is -0.445 e. The zero-order chi connectivity index (χ0) is 17.1. The number of carbonyl (C=O) groups excluding carboxylic acids is 1. The van der Waals surface area contributed by atoms with E-state index >= 15 is 0 Å². The van der Waals surface area contributed by atoms with Crippen molar-refractivity contribution < 1.29 is 14.3 Å². The Labute approximate surface area is 147 Å². The third-order valence-corrected chi connectivity index (χ3v) is 4.76. The van der Waals surface area contributed by atoms with Crippen LogP contribution >= 0.6 is 0 Å². The third kappa shape index (κ3) is 3.44. The number of hydrogen-bond donors (Lipinski definition) is 0. The van der Waals surface area contributed by atoms with Gasteiger partial charge >= 0.3 is 6.09 Å². The van der Waals surface area contributed by atoms with E-state index in [0.29, 0.717) is 19.8 Å². The van der Waals surface area contributed by atoms with E-state index in [2.05, 4.69) is 18.2 Å². The molecule has 128 valence electrons. The van der Waals surface area contributed by atoms with Gasteiger partial charge in [0.05, 0.1) is 25.3 Å². The maximum absolute atomic E-state index is 12.6. The van der Waals surface area contributed by atoms with Crippen molar-refractivity contribution in [2.45, 2.75) is 25.1 Å². The lowest BCUT2D eigenvalue weighted by atomic mass is 9.90. The van der Waals surface area contributed by atoms with Gasteiger partial charge in [-0.05, 0) is 23.1 Å². The Morgan fingerprint density at radius 2 is 1.76 bits per heavy atom. The summed E-state index contributed by atoms with van der Waals surface area (Å²) in [5, 5.41) is 0. The highest BCUT2D eigenvalue weighted by Crippen LogP contribution is 2.32. The third-order valence-electron chi connectivity index (χ3n) is 4.76.